The third-order valence-electron chi connectivity index (χ3n) is 3.45. The fourth-order valence-corrected chi connectivity index (χ4v) is 2.24. The first-order chi connectivity index (χ1) is 6.34. The molecule has 1 aliphatic heterocycles. The van der Waals surface area contributed by atoms with Crippen LogP contribution in [0.3, 0.4) is 0 Å². The van der Waals surface area contributed by atoms with E-state index >= 15 is 0 Å². The SMILES string of the molecule is NCC1(c2cc3n(n2)CCC3)CC1. The highest BCUT2D eigenvalue weighted by atomic mass is 15.3. The minimum absolute atomic E-state index is 0.275. The van der Waals surface area contributed by atoms with Gasteiger partial charge in [-0.2, -0.15) is 5.10 Å². The molecule has 3 heteroatoms. The molecule has 1 aromatic heterocycles. The molecule has 1 fully saturated rings. The number of nitrogens with zero attached hydrogens (tertiary/aromatic N) is 2. The van der Waals surface area contributed by atoms with E-state index in [4.69, 9.17) is 5.73 Å². The number of nitrogens with two attached hydrogens (primary N) is 1. The largest absolute Gasteiger partial charge is 0.330 e. The second-order valence-electron chi connectivity index (χ2n) is 4.33. The first-order valence-corrected chi connectivity index (χ1v) is 5.11. The zero-order valence-electron chi connectivity index (χ0n) is 7.79. The minimum Gasteiger partial charge on any atom is -0.330 e. The van der Waals surface area contributed by atoms with Crippen LogP contribution >= 0.6 is 0 Å². The molecular weight excluding hydrogens is 162 g/mol. The second kappa shape index (κ2) is 2.35. The highest BCUT2D eigenvalue weighted by Gasteiger charge is 2.45. The number of aromatic nitrogens is 2. The van der Waals surface area contributed by atoms with Crippen molar-refractivity contribution in [2.45, 2.75) is 37.6 Å². The quantitative estimate of drug-likeness (QED) is 0.726. The van der Waals surface area contributed by atoms with Crippen LogP contribution in [0.15, 0.2) is 6.07 Å². The molecule has 0 spiro atoms. The standard InChI is InChI=1S/C10H15N3/c11-7-10(3-4-10)9-6-8-2-1-5-13(8)12-9/h6H,1-5,7,11H2. The van der Waals surface area contributed by atoms with Gasteiger partial charge in [0, 0.05) is 24.2 Å². The fraction of sp³-hybridized carbons (Fsp3) is 0.700. The summed E-state index contributed by atoms with van der Waals surface area (Å²) in [6.45, 7) is 1.87. The summed E-state index contributed by atoms with van der Waals surface area (Å²) in [6.07, 6.45) is 4.94. The Labute approximate surface area is 77.9 Å². The van der Waals surface area contributed by atoms with Crippen LogP contribution in [0.1, 0.15) is 30.7 Å². The lowest BCUT2D eigenvalue weighted by Gasteiger charge is -2.07. The summed E-state index contributed by atoms with van der Waals surface area (Å²) in [4.78, 5) is 0. The summed E-state index contributed by atoms with van der Waals surface area (Å²) < 4.78 is 2.16. The molecule has 1 saturated carbocycles. The van der Waals surface area contributed by atoms with E-state index in [1.807, 2.05) is 0 Å². The number of rotatable bonds is 2. The van der Waals surface area contributed by atoms with E-state index in [-0.39, 0.29) is 5.41 Å². The molecule has 0 amide bonds. The molecule has 2 heterocycles. The number of aryl methyl sites for hydroxylation is 2. The van der Waals surface area contributed by atoms with Gasteiger partial charge in [0.15, 0.2) is 0 Å². The van der Waals surface area contributed by atoms with Crippen LogP contribution in [0, 0.1) is 0 Å². The van der Waals surface area contributed by atoms with Crippen LogP contribution < -0.4 is 5.73 Å². The van der Waals surface area contributed by atoms with Gasteiger partial charge in [-0.25, -0.2) is 0 Å². The van der Waals surface area contributed by atoms with Crippen LogP contribution in [-0.4, -0.2) is 16.3 Å². The molecule has 0 radical (unpaired) electrons. The van der Waals surface area contributed by atoms with E-state index in [0.717, 1.165) is 13.1 Å². The van der Waals surface area contributed by atoms with E-state index in [2.05, 4.69) is 15.8 Å². The number of hydrogen-bond acceptors (Lipinski definition) is 2. The van der Waals surface area contributed by atoms with Crippen molar-refractivity contribution >= 4 is 0 Å². The molecule has 3 rings (SSSR count). The normalized spacial score (nSPS) is 23.2. The molecule has 0 unspecified atom stereocenters. The summed E-state index contributed by atoms with van der Waals surface area (Å²) in [7, 11) is 0. The summed E-state index contributed by atoms with van der Waals surface area (Å²) in [5.41, 5.74) is 8.71. The third kappa shape index (κ3) is 0.967. The predicted molar refractivity (Wildman–Crippen MR) is 50.5 cm³/mol. The molecular formula is C10H15N3. The average Bonchev–Trinajstić information content (AvgIpc) is 2.63. The van der Waals surface area contributed by atoms with E-state index < -0.39 is 0 Å². The van der Waals surface area contributed by atoms with E-state index in [9.17, 15) is 0 Å². The highest BCUT2D eigenvalue weighted by molar-refractivity contribution is 5.28. The molecule has 0 saturated heterocycles. The summed E-state index contributed by atoms with van der Waals surface area (Å²) in [5, 5.41) is 4.63. The Bertz CT molecular complexity index is 314. The van der Waals surface area contributed by atoms with Gasteiger partial charge in [-0.15, -0.1) is 0 Å². The molecule has 70 valence electrons. The Kier molecular flexibility index (Phi) is 1.37. The van der Waals surface area contributed by atoms with Gasteiger partial charge in [-0.3, -0.25) is 4.68 Å². The maximum Gasteiger partial charge on any atom is 0.0701 e. The average molecular weight is 177 g/mol. The first kappa shape index (κ1) is 7.56. The van der Waals surface area contributed by atoms with Crippen LogP contribution in [-0.2, 0) is 18.4 Å². The van der Waals surface area contributed by atoms with Crippen molar-refractivity contribution in [3.8, 4) is 0 Å². The maximum atomic E-state index is 5.77. The highest BCUT2D eigenvalue weighted by Crippen LogP contribution is 2.46. The molecule has 0 atom stereocenters. The molecule has 3 nitrogen and oxygen atoms in total. The van der Waals surface area contributed by atoms with Crippen molar-refractivity contribution < 1.29 is 0 Å². The minimum atomic E-state index is 0.275. The van der Waals surface area contributed by atoms with Crippen molar-refractivity contribution in [2.75, 3.05) is 6.54 Å². The van der Waals surface area contributed by atoms with Crippen LogP contribution in [0.25, 0.3) is 0 Å². The lowest BCUT2D eigenvalue weighted by Crippen LogP contribution is -2.20. The Hall–Kier alpha value is -0.830. The van der Waals surface area contributed by atoms with Gasteiger partial charge >= 0.3 is 0 Å². The van der Waals surface area contributed by atoms with Crippen molar-refractivity contribution in [3.63, 3.8) is 0 Å². The first-order valence-electron chi connectivity index (χ1n) is 5.11. The zero-order chi connectivity index (χ0) is 8.89. The van der Waals surface area contributed by atoms with Gasteiger partial charge in [-0.1, -0.05) is 0 Å². The predicted octanol–water partition coefficient (Wildman–Crippen LogP) is 0.820. The second-order valence-corrected chi connectivity index (χ2v) is 4.33. The molecule has 2 N–H and O–H groups in total. The zero-order valence-corrected chi connectivity index (χ0v) is 7.79. The van der Waals surface area contributed by atoms with Gasteiger partial charge in [0.25, 0.3) is 0 Å². The van der Waals surface area contributed by atoms with E-state index in [0.29, 0.717) is 0 Å². The van der Waals surface area contributed by atoms with Crippen molar-refractivity contribution in [2.24, 2.45) is 5.73 Å². The smallest absolute Gasteiger partial charge is 0.0701 e. The van der Waals surface area contributed by atoms with Gasteiger partial charge in [0.05, 0.1) is 5.69 Å². The monoisotopic (exact) mass is 177 g/mol. The molecule has 13 heavy (non-hydrogen) atoms. The number of fused-ring (bicyclic) bond motifs is 1. The van der Waals surface area contributed by atoms with Crippen molar-refractivity contribution in [1.29, 1.82) is 0 Å². The van der Waals surface area contributed by atoms with Crippen LogP contribution in [0.5, 0.6) is 0 Å². The van der Waals surface area contributed by atoms with E-state index in [1.165, 1.54) is 37.1 Å². The molecule has 0 aromatic carbocycles. The van der Waals surface area contributed by atoms with Crippen LogP contribution in [0.4, 0.5) is 0 Å². The van der Waals surface area contributed by atoms with Gasteiger partial charge in [0.1, 0.15) is 0 Å². The molecule has 0 bridgehead atoms. The summed E-state index contributed by atoms with van der Waals surface area (Å²) in [5.74, 6) is 0. The molecule has 2 aliphatic rings. The Balaban J connectivity index is 1.98. The van der Waals surface area contributed by atoms with Crippen molar-refractivity contribution in [1.82, 2.24) is 9.78 Å². The molecule has 1 aliphatic carbocycles. The summed E-state index contributed by atoms with van der Waals surface area (Å²) in [6, 6.07) is 2.27. The maximum absolute atomic E-state index is 5.77. The Morgan fingerprint density at radius 3 is 3.00 bits per heavy atom. The lowest BCUT2D eigenvalue weighted by molar-refractivity contribution is 0.603. The summed E-state index contributed by atoms with van der Waals surface area (Å²) >= 11 is 0. The fourth-order valence-electron chi connectivity index (χ4n) is 2.24. The van der Waals surface area contributed by atoms with Crippen molar-refractivity contribution in [3.05, 3.63) is 17.5 Å². The van der Waals surface area contributed by atoms with Gasteiger partial charge in [0.2, 0.25) is 0 Å². The van der Waals surface area contributed by atoms with Gasteiger partial charge in [-0.05, 0) is 31.7 Å². The van der Waals surface area contributed by atoms with Gasteiger partial charge < -0.3 is 5.73 Å². The van der Waals surface area contributed by atoms with E-state index in [1.54, 1.807) is 0 Å². The Morgan fingerprint density at radius 2 is 2.38 bits per heavy atom. The number of hydrogen-bond donors (Lipinski definition) is 1. The molecule has 1 aromatic rings. The topological polar surface area (TPSA) is 43.8 Å². The lowest BCUT2D eigenvalue weighted by atomic mass is 10.0. The Morgan fingerprint density at radius 1 is 1.54 bits per heavy atom. The third-order valence-corrected chi connectivity index (χ3v) is 3.45. The van der Waals surface area contributed by atoms with Crippen LogP contribution in [0.2, 0.25) is 0 Å².